The van der Waals surface area contributed by atoms with Gasteiger partial charge in [-0.2, -0.15) is 5.10 Å². The van der Waals surface area contributed by atoms with Gasteiger partial charge in [0.1, 0.15) is 0 Å². The third-order valence-electron chi connectivity index (χ3n) is 4.64. The summed E-state index contributed by atoms with van der Waals surface area (Å²) in [6.45, 7) is 0. The van der Waals surface area contributed by atoms with E-state index in [2.05, 4.69) is 10.5 Å². The van der Waals surface area contributed by atoms with Crippen LogP contribution in [-0.4, -0.2) is 31.5 Å². The topological polar surface area (TPSA) is 75.6 Å². The van der Waals surface area contributed by atoms with Crippen LogP contribution in [-0.2, 0) is 27.5 Å². The van der Waals surface area contributed by atoms with E-state index in [4.69, 9.17) is 0 Å². The Morgan fingerprint density at radius 3 is 2.00 bits per heavy atom. The van der Waals surface area contributed by atoms with Crippen molar-refractivity contribution in [3.05, 3.63) is 71.8 Å². The highest BCUT2D eigenvalue weighted by atomic mass is 32.2. The van der Waals surface area contributed by atoms with Crippen molar-refractivity contribution in [3.63, 3.8) is 0 Å². The summed E-state index contributed by atoms with van der Waals surface area (Å²) in [5, 5.41) is 4.36. The second kappa shape index (κ2) is 8.95. The molecule has 0 unspecified atom stereocenters. The van der Waals surface area contributed by atoms with Gasteiger partial charge in [-0.25, -0.2) is 13.8 Å². The lowest BCUT2D eigenvalue weighted by Crippen LogP contribution is -2.24. The van der Waals surface area contributed by atoms with Gasteiger partial charge in [0, 0.05) is 25.0 Å². The first kappa shape index (κ1) is 19.3. The van der Waals surface area contributed by atoms with Gasteiger partial charge in [-0.1, -0.05) is 60.7 Å². The van der Waals surface area contributed by atoms with Gasteiger partial charge >= 0.3 is 0 Å². The van der Waals surface area contributed by atoms with Crippen molar-refractivity contribution in [3.8, 4) is 0 Å². The minimum absolute atomic E-state index is 0.100. The van der Waals surface area contributed by atoms with E-state index in [1.165, 1.54) is 0 Å². The lowest BCUT2D eigenvalue weighted by molar-refractivity contribution is -0.121. The van der Waals surface area contributed by atoms with Crippen LogP contribution in [0.3, 0.4) is 0 Å². The number of sulfone groups is 1. The zero-order valence-corrected chi connectivity index (χ0v) is 16.0. The smallest absolute Gasteiger partial charge is 0.240 e. The summed E-state index contributed by atoms with van der Waals surface area (Å²) in [5.74, 6) is -0.0421. The second-order valence-electron chi connectivity index (χ2n) is 7.01. The average Bonchev–Trinajstić information content (AvgIpc) is 3.00. The maximum atomic E-state index is 12.2. The van der Waals surface area contributed by atoms with Gasteiger partial charge in [-0.05, 0) is 23.5 Å². The molecule has 0 saturated carbocycles. The van der Waals surface area contributed by atoms with E-state index in [0.29, 0.717) is 19.3 Å². The van der Waals surface area contributed by atoms with E-state index in [-0.39, 0.29) is 29.8 Å². The Balaban J connectivity index is 1.64. The Morgan fingerprint density at radius 2 is 1.52 bits per heavy atom. The molecule has 0 aliphatic carbocycles. The summed E-state index contributed by atoms with van der Waals surface area (Å²) in [6.07, 6.45) is 2.05. The summed E-state index contributed by atoms with van der Waals surface area (Å²) in [6, 6.07) is 20.0. The van der Waals surface area contributed by atoms with Crippen molar-refractivity contribution in [2.45, 2.75) is 25.7 Å². The van der Waals surface area contributed by atoms with E-state index in [0.717, 1.165) is 16.8 Å². The number of nitrogens with one attached hydrogen (secondary N) is 1. The van der Waals surface area contributed by atoms with Crippen LogP contribution in [0, 0.1) is 5.92 Å². The number of nitrogens with zero attached hydrogens (tertiary/aromatic N) is 1. The van der Waals surface area contributed by atoms with Crippen molar-refractivity contribution >= 4 is 21.5 Å². The molecule has 1 atom stereocenters. The molecule has 3 rings (SSSR count). The molecule has 1 aliphatic heterocycles. The molecule has 1 amide bonds. The second-order valence-corrected chi connectivity index (χ2v) is 9.24. The molecule has 1 saturated heterocycles. The van der Waals surface area contributed by atoms with Crippen molar-refractivity contribution < 1.29 is 13.2 Å². The molecule has 0 bridgehead atoms. The van der Waals surface area contributed by atoms with E-state index < -0.39 is 9.84 Å². The molecule has 2 aromatic carbocycles. The molecule has 27 heavy (non-hydrogen) atoms. The maximum absolute atomic E-state index is 12.2. The molecule has 142 valence electrons. The zero-order valence-electron chi connectivity index (χ0n) is 15.2. The monoisotopic (exact) mass is 384 g/mol. The molecule has 0 radical (unpaired) electrons. The third kappa shape index (κ3) is 6.32. The molecule has 0 aromatic heterocycles. The molecule has 1 heterocycles. The largest absolute Gasteiger partial charge is 0.273 e. The highest BCUT2D eigenvalue weighted by Crippen LogP contribution is 2.21. The summed E-state index contributed by atoms with van der Waals surface area (Å²) in [7, 11) is -2.97. The number of benzene rings is 2. The number of amides is 1. The molecule has 6 heteroatoms. The highest BCUT2D eigenvalue weighted by molar-refractivity contribution is 7.91. The molecule has 5 nitrogen and oxygen atoms in total. The summed E-state index contributed by atoms with van der Waals surface area (Å²) >= 11 is 0. The van der Waals surface area contributed by atoms with Gasteiger partial charge in [-0.3, -0.25) is 4.79 Å². The Labute approximate surface area is 160 Å². The molecule has 1 N–H and O–H groups in total. The first-order valence-electron chi connectivity index (χ1n) is 9.13. The van der Waals surface area contributed by atoms with Crippen molar-refractivity contribution in [1.29, 1.82) is 0 Å². The molecular weight excluding hydrogens is 360 g/mol. The van der Waals surface area contributed by atoms with Crippen LogP contribution in [0.25, 0.3) is 0 Å². The Bertz CT molecular complexity index is 850. The number of carbonyl (C=O) groups is 1. The molecule has 1 fully saturated rings. The Morgan fingerprint density at radius 1 is 0.963 bits per heavy atom. The number of hydrazone groups is 1. The molecule has 0 spiro atoms. The van der Waals surface area contributed by atoms with E-state index in [9.17, 15) is 13.2 Å². The zero-order chi connectivity index (χ0) is 19.1. The fraction of sp³-hybridized carbons (Fsp3) is 0.333. The van der Waals surface area contributed by atoms with Crippen LogP contribution >= 0.6 is 0 Å². The number of carbonyl (C=O) groups excluding carboxylic acids is 1. The third-order valence-corrected chi connectivity index (χ3v) is 6.48. The lowest BCUT2D eigenvalue weighted by Gasteiger charge is -2.10. The first-order chi connectivity index (χ1) is 13.0. The first-order valence-corrected chi connectivity index (χ1v) is 10.9. The van der Waals surface area contributed by atoms with Crippen LogP contribution < -0.4 is 5.43 Å². The minimum Gasteiger partial charge on any atom is -0.273 e. The molecule has 1 aliphatic rings. The van der Waals surface area contributed by atoms with Crippen LogP contribution in [0.5, 0.6) is 0 Å². The number of hydrogen-bond acceptors (Lipinski definition) is 4. The lowest BCUT2D eigenvalue weighted by atomic mass is 10.0. The van der Waals surface area contributed by atoms with Crippen molar-refractivity contribution in [2.24, 2.45) is 11.0 Å². The quantitative estimate of drug-likeness (QED) is 0.589. The summed E-state index contributed by atoms with van der Waals surface area (Å²) < 4.78 is 23.1. The van der Waals surface area contributed by atoms with Crippen molar-refractivity contribution in [1.82, 2.24) is 5.43 Å². The normalized spacial score (nSPS) is 18.0. The van der Waals surface area contributed by atoms with Gasteiger partial charge in [0.25, 0.3) is 0 Å². The van der Waals surface area contributed by atoms with Gasteiger partial charge in [0.2, 0.25) is 5.91 Å². The number of rotatable bonds is 7. The van der Waals surface area contributed by atoms with Crippen LogP contribution in [0.2, 0.25) is 0 Å². The molecular formula is C21H24N2O3S. The van der Waals surface area contributed by atoms with Gasteiger partial charge in [0.15, 0.2) is 9.84 Å². The van der Waals surface area contributed by atoms with Crippen molar-refractivity contribution in [2.75, 3.05) is 11.5 Å². The number of hydrogen-bond donors (Lipinski definition) is 1. The van der Waals surface area contributed by atoms with Gasteiger partial charge < -0.3 is 0 Å². The maximum Gasteiger partial charge on any atom is 0.240 e. The van der Waals surface area contributed by atoms with Crippen LogP contribution in [0.15, 0.2) is 65.8 Å². The Hall–Kier alpha value is -2.47. The predicted molar refractivity (Wildman–Crippen MR) is 107 cm³/mol. The molecule has 2 aromatic rings. The van der Waals surface area contributed by atoms with Crippen LogP contribution in [0.1, 0.15) is 24.0 Å². The van der Waals surface area contributed by atoms with E-state index in [1.807, 2.05) is 60.7 Å². The predicted octanol–water partition coefficient (Wildman–Crippen LogP) is 2.77. The standard InChI is InChI=1S/C21H24N2O3S/c24-21(15-19-11-12-27(25,26)16-19)23-22-20(13-17-7-3-1-4-8-17)14-18-9-5-2-6-10-18/h1-10,19H,11-16H2,(H,23,24)/t19-/m0/s1. The van der Waals surface area contributed by atoms with Gasteiger partial charge in [0.05, 0.1) is 11.5 Å². The Kier molecular flexibility index (Phi) is 6.40. The summed E-state index contributed by atoms with van der Waals surface area (Å²) in [4.78, 5) is 12.2. The fourth-order valence-corrected chi connectivity index (χ4v) is 5.15. The SMILES string of the molecule is O=C(C[C@@H]1CCS(=O)(=O)C1)NN=C(Cc1ccccc1)Cc1ccccc1. The highest BCUT2D eigenvalue weighted by Gasteiger charge is 2.29. The van der Waals surface area contributed by atoms with E-state index in [1.54, 1.807) is 0 Å². The minimum atomic E-state index is -2.97. The summed E-state index contributed by atoms with van der Waals surface area (Å²) in [5.41, 5.74) is 5.75. The van der Waals surface area contributed by atoms with E-state index >= 15 is 0 Å². The van der Waals surface area contributed by atoms with Crippen LogP contribution in [0.4, 0.5) is 0 Å². The fourth-order valence-electron chi connectivity index (χ4n) is 3.29. The van der Waals surface area contributed by atoms with Gasteiger partial charge in [-0.15, -0.1) is 0 Å². The average molecular weight is 385 g/mol.